The number of oxazole rings is 1. The second kappa shape index (κ2) is 3.61. The van der Waals surface area contributed by atoms with Crippen molar-refractivity contribution in [3.05, 3.63) is 24.1 Å². The molecule has 0 saturated carbocycles. The maximum absolute atomic E-state index is 7.40. The molecule has 1 aromatic carbocycles. The molecular formula is C10H10N2O3. The van der Waals surface area contributed by atoms with Gasteiger partial charge in [-0.2, -0.15) is 0 Å². The maximum Gasteiger partial charge on any atom is 0.283 e. The zero-order chi connectivity index (χ0) is 10.8. The molecule has 1 aromatic heterocycles. The highest BCUT2D eigenvalue weighted by Gasteiger charge is 2.11. The molecule has 2 rings (SSSR count). The molecule has 0 aliphatic rings. The Balaban J connectivity index is 2.51. The van der Waals surface area contributed by atoms with E-state index in [0.717, 1.165) is 0 Å². The number of nitrogens with one attached hydrogen (secondary N) is 1. The third kappa shape index (κ3) is 1.63. The lowest BCUT2D eigenvalue weighted by atomic mass is 10.3. The minimum absolute atomic E-state index is 0.0924. The highest BCUT2D eigenvalue weighted by atomic mass is 16.5. The van der Waals surface area contributed by atoms with E-state index in [1.54, 1.807) is 25.3 Å². The summed E-state index contributed by atoms with van der Waals surface area (Å²) in [4.78, 5) is 4.10. The summed E-state index contributed by atoms with van der Waals surface area (Å²) in [5.41, 5.74) is 1.25. The lowest BCUT2D eigenvalue weighted by Crippen LogP contribution is -2.00. The van der Waals surface area contributed by atoms with Gasteiger partial charge in [0.15, 0.2) is 5.58 Å². The molecule has 5 heteroatoms. The Bertz CT molecular complexity index is 504. The molecule has 0 bridgehead atoms. The van der Waals surface area contributed by atoms with Gasteiger partial charge in [0.05, 0.1) is 14.2 Å². The van der Waals surface area contributed by atoms with Crippen molar-refractivity contribution in [3.8, 4) is 5.75 Å². The first-order valence-electron chi connectivity index (χ1n) is 4.32. The zero-order valence-corrected chi connectivity index (χ0v) is 8.40. The van der Waals surface area contributed by atoms with Crippen molar-refractivity contribution in [1.29, 1.82) is 5.41 Å². The van der Waals surface area contributed by atoms with Gasteiger partial charge in [-0.05, 0) is 12.1 Å². The summed E-state index contributed by atoms with van der Waals surface area (Å²) in [5, 5.41) is 7.40. The first kappa shape index (κ1) is 9.51. The number of fused-ring (bicyclic) bond motifs is 1. The zero-order valence-electron chi connectivity index (χ0n) is 8.40. The van der Waals surface area contributed by atoms with Gasteiger partial charge in [-0.25, -0.2) is 4.98 Å². The minimum Gasteiger partial charge on any atom is -0.497 e. The second-order valence-electron chi connectivity index (χ2n) is 2.89. The smallest absolute Gasteiger partial charge is 0.283 e. The van der Waals surface area contributed by atoms with Gasteiger partial charge in [0, 0.05) is 6.07 Å². The van der Waals surface area contributed by atoms with Gasteiger partial charge in [-0.15, -0.1) is 0 Å². The molecule has 0 aliphatic heterocycles. The van der Waals surface area contributed by atoms with Crippen LogP contribution >= 0.6 is 0 Å². The van der Waals surface area contributed by atoms with Crippen LogP contribution in [0.25, 0.3) is 11.1 Å². The van der Waals surface area contributed by atoms with Crippen LogP contribution in [0.2, 0.25) is 0 Å². The Labute approximate surface area is 86.1 Å². The number of benzene rings is 1. The molecular weight excluding hydrogens is 196 g/mol. The number of aromatic nitrogens is 1. The summed E-state index contributed by atoms with van der Waals surface area (Å²) in [7, 11) is 2.98. The molecule has 0 aliphatic carbocycles. The standard InChI is InChI=1S/C10H10N2O3/c1-13-6-3-4-8-7(5-6)12-10(15-8)9(11)14-2/h3-5,11H,1-2H3. The van der Waals surface area contributed by atoms with E-state index >= 15 is 0 Å². The van der Waals surface area contributed by atoms with Gasteiger partial charge in [-0.1, -0.05) is 0 Å². The first-order valence-corrected chi connectivity index (χ1v) is 4.32. The van der Waals surface area contributed by atoms with E-state index in [4.69, 9.17) is 19.3 Å². The van der Waals surface area contributed by atoms with Crippen LogP contribution in [0.15, 0.2) is 22.6 Å². The van der Waals surface area contributed by atoms with Crippen LogP contribution in [0.1, 0.15) is 5.89 Å². The van der Waals surface area contributed by atoms with E-state index in [2.05, 4.69) is 4.98 Å². The van der Waals surface area contributed by atoms with Gasteiger partial charge in [-0.3, -0.25) is 5.41 Å². The Kier molecular flexibility index (Phi) is 2.29. The average molecular weight is 206 g/mol. The number of hydrogen-bond acceptors (Lipinski definition) is 5. The van der Waals surface area contributed by atoms with E-state index in [9.17, 15) is 0 Å². The highest BCUT2D eigenvalue weighted by molar-refractivity contribution is 5.90. The molecule has 2 aromatic rings. The number of nitrogens with zero attached hydrogens (tertiary/aromatic N) is 1. The van der Waals surface area contributed by atoms with Crippen LogP contribution in [-0.4, -0.2) is 25.1 Å². The summed E-state index contributed by atoms with van der Waals surface area (Å²) in [6, 6.07) is 5.26. The molecule has 0 amide bonds. The SMILES string of the molecule is COC(=N)c1nc2cc(OC)ccc2o1. The van der Waals surface area contributed by atoms with Crippen molar-refractivity contribution in [2.24, 2.45) is 0 Å². The largest absolute Gasteiger partial charge is 0.497 e. The van der Waals surface area contributed by atoms with Gasteiger partial charge in [0.1, 0.15) is 11.3 Å². The monoisotopic (exact) mass is 206 g/mol. The predicted octanol–water partition coefficient (Wildman–Crippen LogP) is 1.81. The minimum atomic E-state index is -0.0924. The lowest BCUT2D eigenvalue weighted by molar-refractivity contribution is 0.384. The number of methoxy groups -OCH3 is 2. The third-order valence-corrected chi connectivity index (χ3v) is 1.99. The Morgan fingerprint density at radius 1 is 1.40 bits per heavy atom. The molecule has 0 spiro atoms. The van der Waals surface area contributed by atoms with Crippen LogP contribution in [0.5, 0.6) is 5.75 Å². The molecule has 15 heavy (non-hydrogen) atoms. The first-order chi connectivity index (χ1) is 7.24. The Hall–Kier alpha value is -2.04. The van der Waals surface area contributed by atoms with Crippen LogP contribution < -0.4 is 4.74 Å². The van der Waals surface area contributed by atoms with Crippen LogP contribution in [0, 0.1) is 5.41 Å². The summed E-state index contributed by atoms with van der Waals surface area (Å²) in [5.74, 6) is 0.775. The Morgan fingerprint density at radius 3 is 2.87 bits per heavy atom. The highest BCUT2D eigenvalue weighted by Crippen LogP contribution is 2.21. The number of rotatable bonds is 2. The van der Waals surface area contributed by atoms with Crippen LogP contribution in [-0.2, 0) is 4.74 Å². The molecule has 78 valence electrons. The van der Waals surface area contributed by atoms with E-state index < -0.39 is 0 Å². The van der Waals surface area contributed by atoms with Crippen molar-refractivity contribution < 1.29 is 13.9 Å². The fourth-order valence-electron chi connectivity index (χ4n) is 1.22. The van der Waals surface area contributed by atoms with Crippen molar-refractivity contribution >= 4 is 17.0 Å². The van der Waals surface area contributed by atoms with E-state index in [1.807, 2.05) is 0 Å². The molecule has 5 nitrogen and oxygen atoms in total. The summed E-state index contributed by atoms with van der Waals surface area (Å²) >= 11 is 0. The van der Waals surface area contributed by atoms with Gasteiger partial charge in [0.25, 0.3) is 11.8 Å². The van der Waals surface area contributed by atoms with Crippen molar-refractivity contribution in [2.75, 3.05) is 14.2 Å². The molecule has 0 radical (unpaired) electrons. The van der Waals surface area contributed by atoms with Crippen molar-refractivity contribution in [2.45, 2.75) is 0 Å². The third-order valence-electron chi connectivity index (χ3n) is 1.99. The molecule has 0 fully saturated rings. The fourth-order valence-corrected chi connectivity index (χ4v) is 1.22. The lowest BCUT2D eigenvalue weighted by Gasteiger charge is -1.95. The quantitative estimate of drug-likeness (QED) is 0.601. The van der Waals surface area contributed by atoms with Gasteiger partial charge in [0.2, 0.25) is 0 Å². The topological polar surface area (TPSA) is 68.3 Å². The van der Waals surface area contributed by atoms with Gasteiger partial charge < -0.3 is 13.9 Å². The maximum atomic E-state index is 7.40. The van der Waals surface area contributed by atoms with Crippen LogP contribution in [0.3, 0.4) is 0 Å². The van der Waals surface area contributed by atoms with E-state index in [-0.39, 0.29) is 11.8 Å². The summed E-state index contributed by atoms with van der Waals surface area (Å²) < 4.78 is 15.1. The fraction of sp³-hybridized carbons (Fsp3) is 0.200. The molecule has 1 N–H and O–H groups in total. The van der Waals surface area contributed by atoms with Gasteiger partial charge >= 0.3 is 0 Å². The van der Waals surface area contributed by atoms with Crippen molar-refractivity contribution in [1.82, 2.24) is 4.98 Å². The number of hydrogen-bond donors (Lipinski definition) is 1. The predicted molar refractivity (Wildman–Crippen MR) is 54.4 cm³/mol. The molecule has 1 heterocycles. The molecule has 0 saturated heterocycles. The normalized spacial score (nSPS) is 10.3. The Morgan fingerprint density at radius 2 is 2.20 bits per heavy atom. The van der Waals surface area contributed by atoms with Crippen molar-refractivity contribution in [3.63, 3.8) is 0 Å². The molecule has 0 unspecified atom stereocenters. The summed E-state index contributed by atoms with van der Waals surface area (Å²) in [6.45, 7) is 0. The number of ether oxygens (including phenoxy) is 2. The molecule has 0 atom stereocenters. The van der Waals surface area contributed by atoms with Crippen LogP contribution in [0.4, 0.5) is 0 Å². The average Bonchev–Trinajstić information content (AvgIpc) is 2.70. The van der Waals surface area contributed by atoms with E-state index in [1.165, 1.54) is 7.11 Å². The van der Waals surface area contributed by atoms with E-state index in [0.29, 0.717) is 16.8 Å². The second-order valence-corrected chi connectivity index (χ2v) is 2.89. The summed E-state index contributed by atoms with van der Waals surface area (Å²) in [6.07, 6.45) is 0.